The molecule has 0 N–H and O–H groups in total. The standard InChI is InChI=1S/C19H18N4O3S2/c1-10-7-13(12(3)23(10)16-8-11(2)26-21-16)15(24)9-28-19-20-14-5-6-27-17(14)18(25)22(19)4/h5-8H,9H2,1-4H3. The second-order valence-electron chi connectivity index (χ2n) is 6.52. The number of fused-ring (bicyclic) bond motifs is 1. The molecule has 0 aromatic carbocycles. The lowest BCUT2D eigenvalue weighted by atomic mass is 10.2. The Balaban J connectivity index is 1.60. The van der Waals surface area contributed by atoms with Crippen molar-refractivity contribution in [1.29, 1.82) is 0 Å². The number of hydrogen-bond donors (Lipinski definition) is 0. The van der Waals surface area contributed by atoms with Crippen LogP contribution < -0.4 is 5.56 Å². The van der Waals surface area contributed by atoms with E-state index in [9.17, 15) is 9.59 Å². The number of rotatable bonds is 5. The smallest absolute Gasteiger partial charge is 0.271 e. The van der Waals surface area contributed by atoms with Gasteiger partial charge in [0, 0.05) is 30.1 Å². The van der Waals surface area contributed by atoms with Gasteiger partial charge in [0.2, 0.25) is 0 Å². The van der Waals surface area contributed by atoms with Crippen molar-refractivity contribution in [3.8, 4) is 5.82 Å². The summed E-state index contributed by atoms with van der Waals surface area (Å²) in [6, 6.07) is 5.51. The van der Waals surface area contributed by atoms with Crippen LogP contribution in [0.2, 0.25) is 0 Å². The minimum absolute atomic E-state index is 0.0239. The Bertz CT molecular complexity index is 1260. The molecule has 144 valence electrons. The summed E-state index contributed by atoms with van der Waals surface area (Å²) < 4.78 is 9.19. The molecule has 4 heterocycles. The highest BCUT2D eigenvalue weighted by molar-refractivity contribution is 7.99. The van der Waals surface area contributed by atoms with E-state index in [1.165, 1.54) is 27.7 Å². The summed E-state index contributed by atoms with van der Waals surface area (Å²) in [5.74, 6) is 1.54. The number of thioether (sulfide) groups is 1. The number of nitrogens with zero attached hydrogens (tertiary/aromatic N) is 4. The monoisotopic (exact) mass is 414 g/mol. The third-order valence-electron chi connectivity index (χ3n) is 4.55. The van der Waals surface area contributed by atoms with Crippen molar-refractivity contribution in [2.24, 2.45) is 7.05 Å². The molecule has 0 aliphatic carbocycles. The van der Waals surface area contributed by atoms with Gasteiger partial charge in [-0.15, -0.1) is 11.3 Å². The zero-order valence-electron chi connectivity index (χ0n) is 15.8. The van der Waals surface area contributed by atoms with Crippen LogP contribution >= 0.6 is 23.1 Å². The van der Waals surface area contributed by atoms with Gasteiger partial charge in [-0.3, -0.25) is 18.7 Å². The summed E-state index contributed by atoms with van der Waals surface area (Å²) in [5, 5.41) is 6.42. The molecule has 0 atom stereocenters. The van der Waals surface area contributed by atoms with Crippen molar-refractivity contribution in [3.05, 3.63) is 56.6 Å². The van der Waals surface area contributed by atoms with Crippen LogP contribution in [0.4, 0.5) is 0 Å². The van der Waals surface area contributed by atoms with E-state index in [2.05, 4.69) is 10.1 Å². The maximum atomic E-state index is 12.9. The van der Waals surface area contributed by atoms with Crippen LogP contribution in [-0.4, -0.2) is 30.8 Å². The second-order valence-corrected chi connectivity index (χ2v) is 8.38. The Kier molecular flexibility index (Phi) is 4.72. The number of carbonyl (C=O) groups is 1. The number of thiophene rings is 1. The molecule has 0 saturated heterocycles. The van der Waals surface area contributed by atoms with Gasteiger partial charge in [-0.25, -0.2) is 4.98 Å². The first-order chi connectivity index (χ1) is 13.4. The topological polar surface area (TPSA) is 82.9 Å². The molecule has 4 aromatic heterocycles. The predicted molar refractivity (Wildman–Crippen MR) is 110 cm³/mol. The Morgan fingerprint density at radius 1 is 1.29 bits per heavy atom. The quantitative estimate of drug-likeness (QED) is 0.281. The van der Waals surface area contributed by atoms with Gasteiger partial charge < -0.3 is 4.52 Å². The van der Waals surface area contributed by atoms with Crippen molar-refractivity contribution in [2.75, 3.05) is 5.75 Å². The zero-order chi connectivity index (χ0) is 20.0. The molecule has 0 saturated carbocycles. The fourth-order valence-electron chi connectivity index (χ4n) is 3.16. The third-order valence-corrected chi connectivity index (χ3v) is 6.48. The third kappa shape index (κ3) is 3.10. The van der Waals surface area contributed by atoms with Crippen molar-refractivity contribution in [2.45, 2.75) is 25.9 Å². The van der Waals surface area contributed by atoms with Crippen LogP contribution in [0.3, 0.4) is 0 Å². The molecule has 0 spiro atoms. The van der Waals surface area contributed by atoms with Crippen molar-refractivity contribution < 1.29 is 9.32 Å². The largest absolute Gasteiger partial charge is 0.360 e. The summed E-state index contributed by atoms with van der Waals surface area (Å²) in [6.45, 7) is 5.64. The van der Waals surface area contributed by atoms with E-state index in [1.807, 2.05) is 48.9 Å². The molecule has 0 bridgehead atoms. The first kappa shape index (κ1) is 18.7. The normalized spacial score (nSPS) is 11.4. The van der Waals surface area contributed by atoms with Crippen LogP contribution in [0, 0.1) is 20.8 Å². The van der Waals surface area contributed by atoms with Crippen LogP contribution in [-0.2, 0) is 7.05 Å². The Morgan fingerprint density at radius 2 is 2.07 bits per heavy atom. The van der Waals surface area contributed by atoms with Crippen LogP contribution in [0.5, 0.6) is 0 Å². The molecule has 9 heteroatoms. The fraction of sp³-hybridized carbons (Fsp3) is 0.263. The van der Waals surface area contributed by atoms with Crippen LogP contribution in [0.1, 0.15) is 27.5 Å². The number of carbonyl (C=O) groups excluding carboxylic acids is 1. The van der Waals surface area contributed by atoms with Gasteiger partial charge in [0.25, 0.3) is 5.56 Å². The maximum Gasteiger partial charge on any atom is 0.271 e. The van der Waals surface area contributed by atoms with Gasteiger partial charge in [-0.2, -0.15) is 0 Å². The molecule has 0 amide bonds. The number of Topliss-reactive ketones (excluding diaryl/α,β-unsaturated/α-hetero) is 1. The Labute approximate surface area is 169 Å². The molecular formula is C19H18N4O3S2. The lowest BCUT2D eigenvalue weighted by Gasteiger charge is -2.07. The van der Waals surface area contributed by atoms with E-state index < -0.39 is 0 Å². The summed E-state index contributed by atoms with van der Waals surface area (Å²) in [6.07, 6.45) is 0. The molecule has 0 aliphatic rings. The van der Waals surface area contributed by atoms with E-state index in [1.54, 1.807) is 7.05 Å². The predicted octanol–water partition coefficient (Wildman–Crippen LogP) is 3.67. The highest BCUT2D eigenvalue weighted by atomic mass is 32.2. The maximum absolute atomic E-state index is 12.9. The average molecular weight is 415 g/mol. The number of hydrogen-bond acceptors (Lipinski definition) is 7. The number of ketones is 1. The van der Waals surface area contributed by atoms with Gasteiger partial charge in [0.1, 0.15) is 10.5 Å². The highest BCUT2D eigenvalue weighted by Gasteiger charge is 2.19. The molecule has 0 fully saturated rings. The number of aryl methyl sites for hydroxylation is 2. The summed E-state index contributed by atoms with van der Waals surface area (Å²) in [7, 11) is 1.68. The number of aromatic nitrogens is 4. The van der Waals surface area contributed by atoms with E-state index in [-0.39, 0.29) is 17.1 Å². The fourth-order valence-corrected chi connectivity index (χ4v) is 4.82. The van der Waals surface area contributed by atoms with Gasteiger partial charge in [0.05, 0.1) is 11.3 Å². The molecule has 0 unspecified atom stereocenters. The second kappa shape index (κ2) is 7.06. The molecule has 7 nitrogen and oxygen atoms in total. The van der Waals surface area contributed by atoms with Gasteiger partial charge >= 0.3 is 0 Å². The van der Waals surface area contributed by atoms with Crippen LogP contribution in [0.15, 0.2) is 38.1 Å². The molecule has 0 aliphatic heterocycles. The lowest BCUT2D eigenvalue weighted by molar-refractivity contribution is 0.102. The average Bonchev–Trinajstić information content (AvgIpc) is 3.36. The van der Waals surface area contributed by atoms with Gasteiger partial charge in [-0.1, -0.05) is 16.9 Å². The molecule has 0 radical (unpaired) electrons. The van der Waals surface area contributed by atoms with E-state index >= 15 is 0 Å². The molecular weight excluding hydrogens is 396 g/mol. The lowest BCUT2D eigenvalue weighted by Crippen LogP contribution is -2.19. The van der Waals surface area contributed by atoms with Crippen molar-refractivity contribution in [3.63, 3.8) is 0 Å². The van der Waals surface area contributed by atoms with E-state index in [0.717, 1.165) is 11.4 Å². The van der Waals surface area contributed by atoms with E-state index in [0.29, 0.717) is 32.5 Å². The van der Waals surface area contributed by atoms with Gasteiger partial charge in [-0.05, 0) is 38.3 Å². The van der Waals surface area contributed by atoms with Gasteiger partial charge in [0.15, 0.2) is 16.8 Å². The molecule has 28 heavy (non-hydrogen) atoms. The van der Waals surface area contributed by atoms with Crippen molar-refractivity contribution >= 4 is 39.1 Å². The summed E-state index contributed by atoms with van der Waals surface area (Å²) in [4.78, 5) is 29.8. The Hall–Kier alpha value is -2.65. The molecule has 4 aromatic rings. The first-order valence-electron chi connectivity index (χ1n) is 8.59. The summed E-state index contributed by atoms with van der Waals surface area (Å²) >= 11 is 2.65. The minimum Gasteiger partial charge on any atom is -0.360 e. The SMILES string of the molecule is Cc1cc(-n2c(C)cc(C(=O)CSc3nc4ccsc4c(=O)n3C)c2C)no1. The van der Waals surface area contributed by atoms with E-state index in [4.69, 9.17) is 4.52 Å². The minimum atomic E-state index is -0.0884. The zero-order valence-corrected chi connectivity index (χ0v) is 17.5. The highest BCUT2D eigenvalue weighted by Crippen LogP contribution is 2.24. The van der Waals surface area contributed by atoms with Crippen molar-refractivity contribution in [1.82, 2.24) is 19.3 Å². The molecule has 4 rings (SSSR count). The first-order valence-corrected chi connectivity index (χ1v) is 10.5. The summed E-state index contributed by atoms with van der Waals surface area (Å²) in [5.41, 5.74) is 2.93. The van der Waals surface area contributed by atoms with Crippen LogP contribution in [0.25, 0.3) is 16.0 Å². The Morgan fingerprint density at radius 3 is 2.79 bits per heavy atom.